The summed E-state index contributed by atoms with van der Waals surface area (Å²) in [5.41, 5.74) is -0.691. The number of likely N-dealkylation sites (N-methyl/N-ethyl adjacent to an activating group) is 1. The van der Waals surface area contributed by atoms with E-state index >= 15 is 0 Å². The molecule has 0 spiro atoms. The van der Waals surface area contributed by atoms with Crippen LogP contribution >= 0.6 is 0 Å². The summed E-state index contributed by atoms with van der Waals surface area (Å²) >= 11 is 0. The summed E-state index contributed by atoms with van der Waals surface area (Å²) in [5.74, 6) is 1.56. The zero-order valence-corrected chi connectivity index (χ0v) is 11.9. The summed E-state index contributed by atoms with van der Waals surface area (Å²) in [6, 6.07) is 0. The Labute approximate surface area is 105 Å². The van der Waals surface area contributed by atoms with Gasteiger partial charge in [-0.1, -0.05) is 13.8 Å². The van der Waals surface area contributed by atoms with Crippen LogP contribution in [0.15, 0.2) is 0 Å². The molecule has 3 unspecified atom stereocenters. The molecule has 0 aliphatic heterocycles. The Morgan fingerprint density at radius 3 is 2.47 bits per heavy atom. The zero-order valence-electron chi connectivity index (χ0n) is 11.9. The Bertz CT molecular complexity index is 270. The largest absolute Gasteiger partial charge is 0.389 e. The van der Waals surface area contributed by atoms with E-state index in [4.69, 9.17) is 0 Å². The second-order valence-corrected chi connectivity index (χ2v) is 6.60. The van der Waals surface area contributed by atoms with Crippen LogP contribution in [0.4, 0.5) is 0 Å². The molecule has 3 heteroatoms. The van der Waals surface area contributed by atoms with E-state index in [0.29, 0.717) is 24.2 Å². The standard InChI is InChI=1S/C14H27NO2/c1-10-6-11(2)12(13(16)7-10)8-15(5)9-14(3,4)17/h10-12,17H,6-9H2,1-5H3. The molecule has 1 saturated carbocycles. The summed E-state index contributed by atoms with van der Waals surface area (Å²) in [4.78, 5) is 14.1. The van der Waals surface area contributed by atoms with Crippen molar-refractivity contribution in [2.75, 3.05) is 20.1 Å². The lowest BCUT2D eigenvalue weighted by molar-refractivity contribution is -0.128. The Kier molecular flexibility index (Phi) is 4.73. The van der Waals surface area contributed by atoms with Gasteiger partial charge in [0.2, 0.25) is 0 Å². The summed E-state index contributed by atoms with van der Waals surface area (Å²) in [6.07, 6.45) is 1.87. The molecule has 17 heavy (non-hydrogen) atoms. The van der Waals surface area contributed by atoms with Crippen molar-refractivity contribution >= 4 is 5.78 Å². The lowest BCUT2D eigenvalue weighted by atomic mass is 9.74. The Balaban J connectivity index is 2.52. The van der Waals surface area contributed by atoms with Crippen molar-refractivity contribution in [2.24, 2.45) is 17.8 Å². The average molecular weight is 241 g/mol. The molecular formula is C14H27NO2. The van der Waals surface area contributed by atoms with Gasteiger partial charge in [-0.2, -0.15) is 0 Å². The van der Waals surface area contributed by atoms with Crippen LogP contribution in [-0.4, -0.2) is 41.5 Å². The number of hydrogen-bond acceptors (Lipinski definition) is 3. The molecule has 0 heterocycles. The molecular weight excluding hydrogens is 214 g/mol. The van der Waals surface area contributed by atoms with Gasteiger partial charge in [0.15, 0.2) is 0 Å². The number of Topliss-reactive ketones (excluding diaryl/α,β-unsaturated/α-hetero) is 1. The minimum Gasteiger partial charge on any atom is -0.389 e. The van der Waals surface area contributed by atoms with Gasteiger partial charge in [0.05, 0.1) is 5.60 Å². The number of hydrogen-bond donors (Lipinski definition) is 1. The highest BCUT2D eigenvalue weighted by atomic mass is 16.3. The van der Waals surface area contributed by atoms with Gasteiger partial charge >= 0.3 is 0 Å². The lowest BCUT2D eigenvalue weighted by Crippen LogP contribution is -2.43. The van der Waals surface area contributed by atoms with Crippen molar-refractivity contribution < 1.29 is 9.90 Å². The molecule has 1 fully saturated rings. The Morgan fingerprint density at radius 1 is 1.41 bits per heavy atom. The fourth-order valence-electron chi connectivity index (χ4n) is 3.04. The molecule has 1 aliphatic carbocycles. The highest BCUT2D eigenvalue weighted by Crippen LogP contribution is 2.31. The first-order valence-electron chi connectivity index (χ1n) is 6.62. The van der Waals surface area contributed by atoms with Crippen molar-refractivity contribution in [2.45, 2.75) is 46.1 Å². The molecule has 0 radical (unpaired) electrons. The fourth-order valence-corrected chi connectivity index (χ4v) is 3.04. The van der Waals surface area contributed by atoms with Gasteiger partial charge in [-0.3, -0.25) is 4.79 Å². The highest BCUT2D eigenvalue weighted by molar-refractivity contribution is 5.82. The molecule has 3 nitrogen and oxygen atoms in total. The van der Waals surface area contributed by atoms with Gasteiger partial charge in [-0.05, 0) is 39.2 Å². The molecule has 1 aliphatic rings. The van der Waals surface area contributed by atoms with E-state index in [-0.39, 0.29) is 5.92 Å². The van der Waals surface area contributed by atoms with Crippen LogP contribution in [0.25, 0.3) is 0 Å². The number of carbonyl (C=O) groups excluding carboxylic acids is 1. The minimum absolute atomic E-state index is 0.151. The molecule has 0 bridgehead atoms. The third-order valence-electron chi connectivity index (χ3n) is 3.59. The van der Waals surface area contributed by atoms with Crippen molar-refractivity contribution in [3.05, 3.63) is 0 Å². The molecule has 1 N–H and O–H groups in total. The van der Waals surface area contributed by atoms with Gasteiger partial charge in [0, 0.05) is 25.4 Å². The number of aliphatic hydroxyl groups is 1. The molecule has 0 amide bonds. The van der Waals surface area contributed by atoms with E-state index in [1.807, 2.05) is 7.05 Å². The zero-order chi connectivity index (χ0) is 13.2. The van der Waals surface area contributed by atoms with Crippen LogP contribution in [-0.2, 0) is 4.79 Å². The van der Waals surface area contributed by atoms with Crippen molar-refractivity contribution in [3.8, 4) is 0 Å². The summed E-state index contributed by atoms with van der Waals surface area (Å²) < 4.78 is 0. The van der Waals surface area contributed by atoms with Crippen LogP contribution in [0.1, 0.15) is 40.5 Å². The van der Waals surface area contributed by atoms with Gasteiger partial charge in [-0.25, -0.2) is 0 Å². The molecule has 1 rings (SSSR count). The van der Waals surface area contributed by atoms with E-state index in [1.54, 1.807) is 13.8 Å². The second kappa shape index (κ2) is 5.49. The summed E-state index contributed by atoms with van der Waals surface area (Å²) in [6.45, 7) is 9.33. The first kappa shape index (κ1) is 14.7. The van der Waals surface area contributed by atoms with Gasteiger partial charge in [0.25, 0.3) is 0 Å². The van der Waals surface area contributed by atoms with Crippen molar-refractivity contribution in [3.63, 3.8) is 0 Å². The number of nitrogens with zero attached hydrogens (tertiary/aromatic N) is 1. The molecule has 100 valence electrons. The predicted octanol–water partition coefficient (Wildman–Crippen LogP) is 1.94. The van der Waals surface area contributed by atoms with Gasteiger partial charge in [0.1, 0.15) is 5.78 Å². The van der Waals surface area contributed by atoms with E-state index < -0.39 is 5.60 Å². The SMILES string of the molecule is CC1CC(=O)C(CN(C)CC(C)(C)O)C(C)C1. The van der Waals surface area contributed by atoms with Crippen molar-refractivity contribution in [1.82, 2.24) is 4.90 Å². The predicted molar refractivity (Wildman–Crippen MR) is 69.9 cm³/mol. The van der Waals surface area contributed by atoms with Gasteiger partial charge < -0.3 is 10.0 Å². The Hall–Kier alpha value is -0.410. The fraction of sp³-hybridized carbons (Fsp3) is 0.929. The first-order chi connectivity index (χ1) is 7.69. The topological polar surface area (TPSA) is 40.5 Å². The van der Waals surface area contributed by atoms with E-state index in [0.717, 1.165) is 19.4 Å². The van der Waals surface area contributed by atoms with Crippen molar-refractivity contribution in [1.29, 1.82) is 0 Å². The maximum Gasteiger partial charge on any atom is 0.137 e. The number of ketones is 1. The van der Waals surface area contributed by atoms with E-state index in [9.17, 15) is 9.90 Å². The molecule has 3 atom stereocenters. The number of rotatable bonds is 4. The maximum atomic E-state index is 12.0. The van der Waals surface area contributed by atoms with E-state index in [1.165, 1.54) is 0 Å². The smallest absolute Gasteiger partial charge is 0.137 e. The molecule has 0 aromatic carbocycles. The van der Waals surface area contributed by atoms with E-state index in [2.05, 4.69) is 18.7 Å². The molecule has 0 aromatic rings. The summed E-state index contributed by atoms with van der Waals surface area (Å²) in [7, 11) is 1.98. The van der Waals surface area contributed by atoms with Crippen LogP contribution in [0.3, 0.4) is 0 Å². The quantitative estimate of drug-likeness (QED) is 0.817. The van der Waals surface area contributed by atoms with Crippen LogP contribution < -0.4 is 0 Å². The first-order valence-corrected chi connectivity index (χ1v) is 6.62. The van der Waals surface area contributed by atoms with Crippen LogP contribution in [0.5, 0.6) is 0 Å². The normalized spacial score (nSPS) is 31.0. The maximum absolute atomic E-state index is 12.0. The third kappa shape index (κ3) is 4.76. The molecule has 0 aromatic heterocycles. The minimum atomic E-state index is -0.691. The second-order valence-electron chi connectivity index (χ2n) is 6.60. The monoisotopic (exact) mass is 241 g/mol. The van der Waals surface area contributed by atoms with Gasteiger partial charge in [-0.15, -0.1) is 0 Å². The number of carbonyl (C=O) groups is 1. The highest BCUT2D eigenvalue weighted by Gasteiger charge is 2.33. The van der Waals surface area contributed by atoms with Crippen LogP contribution in [0.2, 0.25) is 0 Å². The van der Waals surface area contributed by atoms with Crippen LogP contribution in [0, 0.1) is 17.8 Å². The summed E-state index contributed by atoms with van der Waals surface area (Å²) in [5, 5.41) is 9.76. The average Bonchev–Trinajstić information content (AvgIpc) is 2.08. The Morgan fingerprint density at radius 2 is 2.00 bits per heavy atom. The molecule has 0 saturated heterocycles. The lowest BCUT2D eigenvalue weighted by Gasteiger charge is -2.35. The third-order valence-corrected chi connectivity index (χ3v) is 3.59.